The van der Waals surface area contributed by atoms with Crippen molar-refractivity contribution in [1.82, 2.24) is 15.1 Å². The summed E-state index contributed by atoms with van der Waals surface area (Å²) < 4.78 is 11.0. The maximum absolute atomic E-state index is 13.4. The van der Waals surface area contributed by atoms with Gasteiger partial charge in [0, 0.05) is 18.2 Å². The number of rotatable bonds is 5. The lowest BCUT2D eigenvalue weighted by atomic mass is 9.84. The van der Waals surface area contributed by atoms with Crippen LogP contribution >= 0.6 is 0 Å². The van der Waals surface area contributed by atoms with Crippen LogP contribution in [0.15, 0.2) is 18.2 Å². The molecule has 0 radical (unpaired) electrons. The Kier molecular flexibility index (Phi) is 6.18. The average molecular weight is 416 g/mol. The smallest absolute Gasteiger partial charge is 0.326 e. The third-order valence-electron chi connectivity index (χ3n) is 6.94. The number of ether oxygens (including phenoxy) is 2. The fourth-order valence-electron chi connectivity index (χ4n) is 5.28. The Morgan fingerprint density at radius 2 is 1.77 bits per heavy atom. The summed E-state index contributed by atoms with van der Waals surface area (Å²) in [6, 6.07) is 5.65. The van der Waals surface area contributed by atoms with Crippen molar-refractivity contribution in [1.29, 1.82) is 0 Å². The van der Waals surface area contributed by atoms with Crippen molar-refractivity contribution in [3.63, 3.8) is 0 Å². The number of imide groups is 1. The summed E-state index contributed by atoms with van der Waals surface area (Å²) in [5.74, 6) is 1.54. The van der Waals surface area contributed by atoms with Crippen molar-refractivity contribution in [2.45, 2.75) is 69.4 Å². The molecule has 7 nitrogen and oxygen atoms in total. The summed E-state index contributed by atoms with van der Waals surface area (Å²) in [5, 5.41) is 3.07. The quantitative estimate of drug-likeness (QED) is 0.740. The molecule has 2 saturated heterocycles. The molecule has 164 valence electrons. The van der Waals surface area contributed by atoms with Gasteiger partial charge in [-0.15, -0.1) is 0 Å². The highest BCUT2D eigenvalue weighted by atomic mass is 16.5. The zero-order chi connectivity index (χ0) is 21.1. The van der Waals surface area contributed by atoms with Crippen molar-refractivity contribution in [3.05, 3.63) is 23.8 Å². The summed E-state index contributed by atoms with van der Waals surface area (Å²) in [6.45, 7) is 1.16. The van der Waals surface area contributed by atoms with Gasteiger partial charge in [0.05, 0.1) is 20.9 Å². The van der Waals surface area contributed by atoms with Crippen molar-refractivity contribution >= 4 is 11.9 Å². The number of nitrogens with zero attached hydrogens (tertiary/aromatic N) is 2. The zero-order valence-corrected chi connectivity index (χ0v) is 18.1. The molecule has 1 aromatic rings. The molecule has 1 aliphatic carbocycles. The minimum Gasteiger partial charge on any atom is -0.497 e. The number of carbonyl (C=O) groups is 2. The van der Waals surface area contributed by atoms with Gasteiger partial charge in [-0.25, -0.2) is 9.69 Å². The van der Waals surface area contributed by atoms with Crippen LogP contribution in [0.5, 0.6) is 11.5 Å². The molecule has 30 heavy (non-hydrogen) atoms. The SMILES string of the molecule is COc1ccc(OC)c([C@H]2CCCN2CN2C(=O)NC3(CCCCCCC3)C2=O)c1. The lowest BCUT2D eigenvalue weighted by molar-refractivity contribution is -0.133. The van der Waals surface area contributed by atoms with Crippen molar-refractivity contribution < 1.29 is 19.1 Å². The van der Waals surface area contributed by atoms with E-state index in [1.54, 1.807) is 14.2 Å². The first-order chi connectivity index (χ1) is 14.6. The van der Waals surface area contributed by atoms with Crippen LogP contribution in [0.25, 0.3) is 0 Å². The molecule has 2 heterocycles. The largest absolute Gasteiger partial charge is 0.497 e. The van der Waals surface area contributed by atoms with Crippen LogP contribution in [0, 0.1) is 0 Å². The van der Waals surface area contributed by atoms with E-state index in [4.69, 9.17) is 9.47 Å². The van der Waals surface area contributed by atoms with E-state index in [1.807, 2.05) is 18.2 Å². The first kappa shape index (κ1) is 21.0. The Bertz CT molecular complexity index is 789. The summed E-state index contributed by atoms with van der Waals surface area (Å²) in [6.07, 6.45) is 8.95. The van der Waals surface area contributed by atoms with E-state index >= 15 is 0 Å². The number of urea groups is 1. The van der Waals surface area contributed by atoms with Gasteiger partial charge in [-0.1, -0.05) is 32.1 Å². The second-order valence-corrected chi connectivity index (χ2v) is 8.73. The highest BCUT2D eigenvalue weighted by molar-refractivity contribution is 6.07. The molecule has 1 saturated carbocycles. The zero-order valence-electron chi connectivity index (χ0n) is 18.1. The minimum atomic E-state index is -0.694. The molecular weight excluding hydrogens is 382 g/mol. The Labute approximate surface area is 178 Å². The predicted octanol–water partition coefficient (Wildman–Crippen LogP) is 3.83. The van der Waals surface area contributed by atoms with Crippen LogP contribution in [-0.4, -0.2) is 54.7 Å². The maximum Gasteiger partial charge on any atom is 0.326 e. The molecule has 4 rings (SSSR count). The molecular formula is C23H33N3O4. The number of hydrogen-bond donors (Lipinski definition) is 1. The van der Waals surface area contributed by atoms with E-state index < -0.39 is 5.54 Å². The van der Waals surface area contributed by atoms with Crippen LogP contribution in [0.3, 0.4) is 0 Å². The normalized spacial score (nSPS) is 24.6. The third-order valence-corrected chi connectivity index (χ3v) is 6.94. The maximum atomic E-state index is 13.4. The number of carbonyl (C=O) groups excluding carboxylic acids is 2. The molecule has 0 aromatic heterocycles. The summed E-state index contributed by atoms with van der Waals surface area (Å²) in [5.41, 5.74) is 0.350. The fraction of sp³-hybridized carbons (Fsp3) is 0.652. The Balaban J connectivity index is 1.53. The molecule has 3 fully saturated rings. The van der Waals surface area contributed by atoms with Gasteiger partial charge in [0.25, 0.3) is 5.91 Å². The molecule has 3 amide bonds. The van der Waals surface area contributed by atoms with Gasteiger partial charge in [0.1, 0.15) is 17.0 Å². The molecule has 3 aliphatic rings. The van der Waals surface area contributed by atoms with Gasteiger partial charge in [-0.3, -0.25) is 9.69 Å². The molecule has 2 aliphatic heterocycles. The first-order valence-corrected chi connectivity index (χ1v) is 11.2. The molecule has 7 heteroatoms. The predicted molar refractivity (Wildman–Crippen MR) is 114 cm³/mol. The number of methoxy groups -OCH3 is 2. The highest BCUT2D eigenvalue weighted by Crippen LogP contribution is 2.40. The Morgan fingerprint density at radius 1 is 1.03 bits per heavy atom. The Hall–Kier alpha value is -2.28. The van der Waals surface area contributed by atoms with E-state index in [0.29, 0.717) is 6.67 Å². The lowest BCUT2D eigenvalue weighted by Gasteiger charge is -2.31. The van der Waals surface area contributed by atoms with Crippen LogP contribution in [-0.2, 0) is 4.79 Å². The van der Waals surface area contributed by atoms with Crippen LogP contribution in [0.2, 0.25) is 0 Å². The number of amides is 3. The van der Waals surface area contributed by atoms with Crippen molar-refractivity contribution in [2.75, 3.05) is 27.4 Å². The fourth-order valence-corrected chi connectivity index (χ4v) is 5.28. The molecule has 1 aromatic carbocycles. The van der Waals surface area contributed by atoms with Gasteiger partial charge >= 0.3 is 6.03 Å². The molecule has 1 spiro atoms. The first-order valence-electron chi connectivity index (χ1n) is 11.2. The summed E-state index contributed by atoms with van der Waals surface area (Å²) >= 11 is 0. The van der Waals surface area contributed by atoms with Crippen LogP contribution < -0.4 is 14.8 Å². The van der Waals surface area contributed by atoms with Crippen LogP contribution in [0.4, 0.5) is 4.79 Å². The van der Waals surface area contributed by atoms with E-state index in [0.717, 1.165) is 75.0 Å². The van der Waals surface area contributed by atoms with Gasteiger partial charge in [0.2, 0.25) is 0 Å². The summed E-state index contributed by atoms with van der Waals surface area (Å²) in [7, 11) is 3.32. The van der Waals surface area contributed by atoms with Gasteiger partial charge in [-0.05, 0) is 43.9 Å². The number of likely N-dealkylation sites (tertiary alicyclic amines) is 1. The van der Waals surface area contributed by atoms with Gasteiger partial charge in [-0.2, -0.15) is 0 Å². The monoisotopic (exact) mass is 415 g/mol. The summed E-state index contributed by atoms with van der Waals surface area (Å²) in [4.78, 5) is 29.9. The number of hydrogen-bond acceptors (Lipinski definition) is 5. The van der Waals surface area contributed by atoms with Gasteiger partial charge < -0.3 is 14.8 Å². The van der Waals surface area contributed by atoms with E-state index in [1.165, 1.54) is 11.3 Å². The molecule has 0 bridgehead atoms. The average Bonchev–Trinajstić information content (AvgIpc) is 3.29. The van der Waals surface area contributed by atoms with E-state index in [2.05, 4.69) is 10.2 Å². The standard InChI is InChI=1S/C23H33N3O4/c1-29-17-10-11-20(30-2)18(15-17)19-9-8-14-25(19)16-26-21(27)23(24-22(26)28)12-6-4-3-5-7-13-23/h10-11,15,19H,3-9,12-14,16H2,1-2H3,(H,24,28)/t19-/m1/s1. The van der Waals surface area contributed by atoms with Gasteiger partial charge in [0.15, 0.2) is 0 Å². The Morgan fingerprint density at radius 3 is 2.47 bits per heavy atom. The molecule has 1 N–H and O–H groups in total. The van der Waals surface area contributed by atoms with Crippen molar-refractivity contribution in [2.24, 2.45) is 0 Å². The molecule has 0 unspecified atom stereocenters. The molecule has 1 atom stereocenters. The topological polar surface area (TPSA) is 71.1 Å². The highest BCUT2D eigenvalue weighted by Gasteiger charge is 2.51. The second kappa shape index (κ2) is 8.84. The third kappa shape index (κ3) is 3.87. The van der Waals surface area contributed by atoms with E-state index in [-0.39, 0.29) is 18.0 Å². The van der Waals surface area contributed by atoms with E-state index in [9.17, 15) is 9.59 Å². The number of nitrogens with one attached hydrogen (secondary N) is 1. The second-order valence-electron chi connectivity index (χ2n) is 8.73. The van der Waals surface area contributed by atoms with Crippen molar-refractivity contribution in [3.8, 4) is 11.5 Å². The number of benzene rings is 1. The lowest BCUT2D eigenvalue weighted by Crippen LogP contribution is -2.48. The minimum absolute atomic E-state index is 0.0438. The van der Waals surface area contributed by atoms with Crippen LogP contribution in [0.1, 0.15) is 69.4 Å².